The molecule has 0 unspecified atom stereocenters. The number of anilines is 2. The molecule has 10 heteroatoms. The first kappa shape index (κ1) is 21.8. The van der Waals surface area contributed by atoms with E-state index in [4.69, 9.17) is 16.3 Å². The Morgan fingerprint density at radius 2 is 1.90 bits per heavy atom. The first-order valence-corrected chi connectivity index (χ1v) is 10.1. The predicted molar refractivity (Wildman–Crippen MR) is 118 cm³/mol. The van der Waals surface area contributed by atoms with Crippen LogP contribution < -0.4 is 15.4 Å². The molecule has 2 aromatic carbocycles. The summed E-state index contributed by atoms with van der Waals surface area (Å²) in [5.74, 6) is -0.302. The molecular weight excluding hydrogens is 474 g/mol. The Hall–Kier alpha value is -2.91. The normalized spacial score (nSPS) is 10.6. The second-order valence-corrected chi connectivity index (χ2v) is 7.80. The van der Waals surface area contributed by atoms with Gasteiger partial charge in [-0.1, -0.05) is 22.9 Å². The van der Waals surface area contributed by atoms with E-state index in [1.165, 1.54) is 11.8 Å². The fraction of sp³-hybridized carbons (Fsp3) is 0.200. The molecule has 0 saturated heterocycles. The Kier molecular flexibility index (Phi) is 6.73. The van der Waals surface area contributed by atoms with Gasteiger partial charge in [0.05, 0.1) is 24.2 Å². The van der Waals surface area contributed by atoms with Crippen LogP contribution in [0.5, 0.6) is 5.75 Å². The van der Waals surface area contributed by atoms with E-state index >= 15 is 0 Å². The van der Waals surface area contributed by atoms with E-state index in [2.05, 4.69) is 36.9 Å². The van der Waals surface area contributed by atoms with Gasteiger partial charge in [-0.2, -0.15) is 0 Å². The van der Waals surface area contributed by atoms with Crippen LogP contribution in [0.25, 0.3) is 0 Å². The average molecular weight is 493 g/mol. The molecule has 0 radical (unpaired) electrons. The molecular formula is C20H19BrClN5O3. The van der Waals surface area contributed by atoms with Crippen molar-refractivity contribution >= 4 is 50.7 Å². The van der Waals surface area contributed by atoms with Gasteiger partial charge in [-0.15, -0.1) is 5.10 Å². The number of rotatable bonds is 6. The molecule has 0 aliphatic heterocycles. The van der Waals surface area contributed by atoms with Crippen molar-refractivity contribution in [1.82, 2.24) is 15.0 Å². The number of hydrogen-bond donors (Lipinski definition) is 2. The number of nitrogens with one attached hydrogen (secondary N) is 2. The highest BCUT2D eigenvalue weighted by atomic mass is 79.9. The summed E-state index contributed by atoms with van der Waals surface area (Å²) in [5.41, 5.74) is 2.71. The molecule has 0 atom stereocenters. The zero-order valence-corrected chi connectivity index (χ0v) is 18.8. The molecule has 1 heterocycles. The van der Waals surface area contributed by atoms with Gasteiger partial charge >= 0.3 is 0 Å². The average Bonchev–Trinajstić information content (AvgIpc) is 3.04. The Labute approximate surface area is 186 Å². The Morgan fingerprint density at radius 1 is 1.13 bits per heavy atom. The molecule has 3 rings (SSSR count). The van der Waals surface area contributed by atoms with E-state index in [1.54, 1.807) is 31.2 Å². The largest absolute Gasteiger partial charge is 0.495 e. The number of nitrogens with zero attached hydrogens (tertiary/aromatic N) is 3. The van der Waals surface area contributed by atoms with Crippen LogP contribution in [0.4, 0.5) is 11.4 Å². The summed E-state index contributed by atoms with van der Waals surface area (Å²) < 4.78 is 7.33. The summed E-state index contributed by atoms with van der Waals surface area (Å²) in [7, 11) is 1.50. The molecule has 1 aromatic heterocycles. The number of hydrogen-bond acceptors (Lipinski definition) is 5. The number of methoxy groups -OCH3 is 1. The highest BCUT2D eigenvalue weighted by Crippen LogP contribution is 2.28. The first-order valence-electron chi connectivity index (χ1n) is 8.89. The highest BCUT2D eigenvalue weighted by Gasteiger charge is 2.19. The summed E-state index contributed by atoms with van der Waals surface area (Å²) in [6, 6.07) is 10.5. The van der Waals surface area contributed by atoms with Gasteiger partial charge in [-0.05, 0) is 65.7 Å². The Bertz CT molecular complexity index is 1120. The predicted octanol–water partition coefficient (Wildman–Crippen LogP) is 4.21. The van der Waals surface area contributed by atoms with E-state index < -0.39 is 5.91 Å². The molecule has 0 saturated carbocycles. The van der Waals surface area contributed by atoms with Gasteiger partial charge in [0.15, 0.2) is 5.69 Å². The van der Waals surface area contributed by atoms with E-state index in [-0.39, 0.29) is 18.1 Å². The number of carbonyl (C=O) groups excluding carboxylic acids is 2. The number of benzene rings is 2. The molecule has 8 nitrogen and oxygen atoms in total. The number of ether oxygens (including phenoxy) is 1. The fourth-order valence-electron chi connectivity index (χ4n) is 2.73. The van der Waals surface area contributed by atoms with Crippen LogP contribution in [0.15, 0.2) is 40.9 Å². The molecule has 0 bridgehead atoms. The van der Waals surface area contributed by atoms with Crippen molar-refractivity contribution in [2.24, 2.45) is 0 Å². The smallest absolute Gasteiger partial charge is 0.278 e. The third-order valence-corrected chi connectivity index (χ3v) is 5.19. The van der Waals surface area contributed by atoms with Gasteiger partial charge < -0.3 is 15.4 Å². The number of amides is 2. The minimum Gasteiger partial charge on any atom is -0.495 e. The molecule has 156 valence electrons. The summed E-state index contributed by atoms with van der Waals surface area (Å²) in [5, 5.41) is 13.8. The highest BCUT2D eigenvalue weighted by molar-refractivity contribution is 9.10. The monoisotopic (exact) mass is 491 g/mol. The summed E-state index contributed by atoms with van der Waals surface area (Å²) >= 11 is 9.41. The van der Waals surface area contributed by atoms with Gasteiger partial charge in [0.1, 0.15) is 12.3 Å². The van der Waals surface area contributed by atoms with Crippen LogP contribution in [0, 0.1) is 13.8 Å². The zero-order valence-electron chi connectivity index (χ0n) is 16.5. The number of aryl methyl sites for hydroxylation is 1. The SMILES string of the molecule is COc1ccc(Cl)cc1NC(=O)Cn1nnc(C(=O)Nc2ccc(C)cc2Br)c1C. The quantitative estimate of drug-likeness (QED) is 0.537. The van der Waals surface area contributed by atoms with E-state index in [1.807, 2.05) is 19.1 Å². The van der Waals surface area contributed by atoms with Gasteiger partial charge in [0.2, 0.25) is 5.91 Å². The lowest BCUT2D eigenvalue weighted by molar-refractivity contribution is -0.117. The maximum absolute atomic E-state index is 12.6. The molecule has 3 aromatic rings. The van der Waals surface area contributed by atoms with Crippen LogP contribution in [0.1, 0.15) is 21.7 Å². The molecule has 2 amide bonds. The Morgan fingerprint density at radius 3 is 2.60 bits per heavy atom. The van der Waals surface area contributed by atoms with E-state index in [9.17, 15) is 9.59 Å². The molecule has 2 N–H and O–H groups in total. The molecule has 30 heavy (non-hydrogen) atoms. The van der Waals surface area contributed by atoms with Crippen molar-refractivity contribution in [1.29, 1.82) is 0 Å². The lowest BCUT2D eigenvalue weighted by atomic mass is 10.2. The third-order valence-electron chi connectivity index (χ3n) is 4.30. The van der Waals surface area contributed by atoms with Crippen molar-refractivity contribution in [2.75, 3.05) is 17.7 Å². The van der Waals surface area contributed by atoms with Gasteiger partial charge in [0.25, 0.3) is 5.91 Å². The van der Waals surface area contributed by atoms with Crippen LogP contribution in [-0.4, -0.2) is 33.9 Å². The second-order valence-electron chi connectivity index (χ2n) is 6.51. The van der Waals surface area contributed by atoms with Gasteiger partial charge in [-0.3, -0.25) is 9.59 Å². The summed E-state index contributed by atoms with van der Waals surface area (Å²) in [4.78, 5) is 25.1. The minimum atomic E-state index is -0.416. The number of carbonyl (C=O) groups is 2. The third kappa shape index (κ3) is 4.98. The summed E-state index contributed by atoms with van der Waals surface area (Å²) in [6.07, 6.45) is 0. The molecule has 0 aliphatic rings. The molecule has 0 aliphatic carbocycles. The lowest BCUT2D eigenvalue weighted by Gasteiger charge is -2.11. The number of aromatic nitrogens is 3. The second kappa shape index (κ2) is 9.27. The number of halogens is 2. The van der Waals surface area contributed by atoms with Crippen molar-refractivity contribution in [3.63, 3.8) is 0 Å². The van der Waals surface area contributed by atoms with Crippen LogP contribution >= 0.6 is 27.5 Å². The van der Waals surface area contributed by atoms with Crippen molar-refractivity contribution in [3.8, 4) is 5.75 Å². The van der Waals surface area contributed by atoms with E-state index in [0.717, 1.165) is 10.0 Å². The van der Waals surface area contributed by atoms with Crippen LogP contribution in [0.2, 0.25) is 5.02 Å². The Balaban J connectivity index is 1.71. The maximum Gasteiger partial charge on any atom is 0.278 e. The van der Waals surface area contributed by atoms with Crippen molar-refractivity contribution < 1.29 is 14.3 Å². The van der Waals surface area contributed by atoms with E-state index in [0.29, 0.717) is 27.8 Å². The zero-order chi connectivity index (χ0) is 21.8. The van der Waals surface area contributed by atoms with Crippen LogP contribution in [-0.2, 0) is 11.3 Å². The topological polar surface area (TPSA) is 98.1 Å². The lowest BCUT2D eigenvalue weighted by Crippen LogP contribution is -2.21. The van der Waals surface area contributed by atoms with Gasteiger partial charge in [-0.25, -0.2) is 4.68 Å². The summed E-state index contributed by atoms with van der Waals surface area (Å²) in [6.45, 7) is 3.50. The maximum atomic E-state index is 12.6. The van der Waals surface area contributed by atoms with Crippen molar-refractivity contribution in [2.45, 2.75) is 20.4 Å². The van der Waals surface area contributed by atoms with Gasteiger partial charge in [0, 0.05) is 9.50 Å². The van der Waals surface area contributed by atoms with Crippen molar-refractivity contribution in [3.05, 3.63) is 62.8 Å². The minimum absolute atomic E-state index is 0.129. The molecule has 0 spiro atoms. The standard InChI is InChI=1S/C20H19BrClN5O3/c1-11-4-6-15(14(21)8-11)24-20(29)19-12(2)27(26-25-19)10-18(28)23-16-9-13(22)5-7-17(16)30-3/h4-9H,10H2,1-3H3,(H,23,28)(H,24,29). The first-order chi connectivity index (χ1) is 14.3. The molecule has 0 fully saturated rings. The fourth-order valence-corrected chi connectivity index (χ4v) is 3.49. The van der Waals surface area contributed by atoms with Crippen LogP contribution in [0.3, 0.4) is 0 Å².